The summed E-state index contributed by atoms with van der Waals surface area (Å²) in [6.07, 6.45) is 1.58. The van der Waals surface area contributed by atoms with Crippen molar-refractivity contribution in [1.82, 2.24) is 15.6 Å². The average Bonchev–Trinajstić information content (AvgIpc) is 3.30. The molecule has 0 spiro atoms. The molecule has 1 amide bonds. The highest BCUT2D eigenvalue weighted by Crippen LogP contribution is 2.32. The number of fused-ring (bicyclic) bond motifs is 1. The molecule has 0 fully saturated rings. The van der Waals surface area contributed by atoms with Crippen molar-refractivity contribution in [3.8, 4) is 5.75 Å². The Morgan fingerprint density at radius 3 is 2.67 bits per heavy atom. The smallest absolute Gasteiger partial charge is 0.250 e. The Morgan fingerprint density at radius 2 is 1.79 bits per heavy atom. The molecular weight excluding hydrogens is 472 g/mol. The van der Waals surface area contributed by atoms with Crippen LogP contribution in [0.3, 0.4) is 0 Å². The Balaban J connectivity index is 1.25. The van der Waals surface area contributed by atoms with Crippen LogP contribution in [0.5, 0.6) is 5.75 Å². The standard InChI is InChI=1S/C24H22N4O2S3/c1-2-30-21-13-6-4-9-18(21)14-25-26-22(29)16-32-24-28-27-23(33-24)31-15-19-11-7-10-17-8-3-5-12-20(17)19/h3-14H,2,15-16H2,1H3,(H,26,29)/b25-14-. The number of hydrazone groups is 1. The minimum atomic E-state index is -0.203. The van der Waals surface area contributed by atoms with Crippen molar-refractivity contribution in [3.05, 3.63) is 77.9 Å². The van der Waals surface area contributed by atoms with Crippen LogP contribution in [0.2, 0.25) is 0 Å². The number of ether oxygens (including phenoxy) is 1. The molecular formula is C24H22N4O2S3. The summed E-state index contributed by atoms with van der Waals surface area (Å²) < 4.78 is 7.19. The van der Waals surface area contributed by atoms with Gasteiger partial charge in [0.25, 0.3) is 5.91 Å². The van der Waals surface area contributed by atoms with Crippen LogP contribution in [-0.4, -0.2) is 34.7 Å². The Labute approximate surface area is 204 Å². The summed E-state index contributed by atoms with van der Waals surface area (Å²) in [7, 11) is 0. The van der Waals surface area contributed by atoms with Crippen LogP contribution in [0.1, 0.15) is 18.1 Å². The van der Waals surface area contributed by atoms with Gasteiger partial charge in [-0.2, -0.15) is 5.10 Å². The predicted octanol–water partition coefficient (Wildman–Crippen LogP) is 5.62. The maximum atomic E-state index is 12.1. The summed E-state index contributed by atoms with van der Waals surface area (Å²) in [4.78, 5) is 12.1. The Bertz CT molecular complexity index is 1250. The molecule has 0 atom stereocenters. The van der Waals surface area contributed by atoms with Crippen molar-refractivity contribution in [2.75, 3.05) is 12.4 Å². The fraction of sp³-hybridized carbons (Fsp3) is 0.167. The number of aromatic nitrogens is 2. The van der Waals surface area contributed by atoms with Gasteiger partial charge < -0.3 is 4.74 Å². The zero-order valence-electron chi connectivity index (χ0n) is 17.9. The van der Waals surface area contributed by atoms with E-state index in [0.29, 0.717) is 6.61 Å². The van der Waals surface area contributed by atoms with Gasteiger partial charge in [0.1, 0.15) is 5.75 Å². The predicted molar refractivity (Wildman–Crippen MR) is 137 cm³/mol. The normalized spacial score (nSPS) is 11.2. The summed E-state index contributed by atoms with van der Waals surface area (Å²) in [5.74, 6) is 1.56. The third-order valence-corrected chi connectivity index (χ3v) is 7.80. The first-order chi connectivity index (χ1) is 16.2. The van der Waals surface area contributed by atoms with Gasteiger partial charge in [0.15, 0.2) is 8.68 Å². The minimum Gasteiger partial charge on any atom is -0.493 e. The lowest BCUT2D eigenvalue weighted by Crippen LogP contribution is -2.19. The van der Waals surface area contributed by atoms with E-state index in [1.54, 1.807) is 18.0 Å². The molecule has 0 unspecified atom stereocenters. The lowest BCUT2D eigenvalue weighted by molar-refractivity contribution is -0.118. The molecule has 0 aliphatic carbocycles. The fourth-order valence-electron chi connectivity index (χ4n) is 3.08. The molecule has 0 radical (unpaired) electrons. The quantitative estimate of drug-likeness (QED) is 0.175. The number of para-hydroxylation sites is 1. The molecule has 0 saturated heterocycles. The number of nitrogens with one attached hydrogen (secondary N) is 1. The molecule has 9 heteroatoms. The first kappa shape index (κ1) is 23.3. The van der Waals surface area contributed by atoms with Gasteiger partial charge >= 0.3 is 0 Å². The molecule has 33 heavy (non-hydrogen) atoms. The number of rotatable bonds is 10. The van der Waals surface area contributed by atoms with Gasteiger partial charge in [-0.1, -0.05) is 89.5 Å². The zero-order chi connectivity index (χ0) is 22.9. The number of thioether (sulfide) groups is 2. The van der Waals surface area contributed by atoms with E-state index in [0.717, 1.165) is 25.7 Å². The minimum absolute atomic E-state index is 0.203. The third kappa shape index (κ3) is 6.56. The lowest BCUT2D eigenvalue weighted by atomic mass is 10.1. The summed E-state index contributed by atoms with van der Waals surface area (Å²) >= 11 is 4.50. The van der Waals surface area contributed by atoms with Crippen molar-refractivity contribution in [2.24, 2.45) is 5.10 Å². The number of benzene rings is 3. The van der Waals surface area contributed by atoms with Crippen molar-refractivity contribution in [1.29, 1.82) is 0 Å². The molecule has 0 bridgehead atoms. The van der Waals surface area contributed by atoms with Gasteiger partial charge in [0.05, 0.1) is 18.6 Å². The summed E-state index contributed by atoms with van der Waals surface area (Å²) in [6, 6.07) is 22.3. The molecule has 4 aromatic rings. The van der Waals surface area contributed by atoms with E-state index in [1.807, 2.05) is 31.2 Å². The van der Waals surface area contributed by atoms with Gasteiger partial charge in [-0.15, -0.1) is 10.2 Å². The second-order valence-electron chi connectivity index (χ2n) is 6.81. The zero-order valence-corrected chi connectivity index (χ0v) is 20.4. The first-order valence-corrected chi connectivity index (χ1v) is 13.1. The number of amides is 1. The first-order valence-electron chi connectivity index (χ1n) is 10.3. The molecule has 6 nitrogen and oxygen atoms in total. The maximum Gasteiger partial charge on any atom is 0.250 e. The molecule has 0 aliphatic heterocycles. The number of hydrogen-bond donors (Lipinski definition) is 1. The fourth-order valence-corrected chi connectivity index (χ4v) is 5.90. The van der Waals surface area contributed by atoms with E-state index in [1.165, 1.54) is 39.4 Å². The van der Waals surface area contributed by atoms with Crippen molar-refractivity contribution < 1.29 is 9.53 Å². The molecule has 1 heterocycles. The number of carbonyl (C=O) groups excluding carboxylic acids is 1. The molecule has 3 aromatic carbocycles. The highest BCUT2D eigenvalue weighted by atomic mass is 32.2. The molecule has 0 saturated carbocycles. The van der Waals surface area contributed by atoms with E-state index in [9.17, 15) is 4.79 Å². The van der Waals surface area contributed by atoms with Gasteiger partial charge in [-0.3, -0.25) is 4.79 Å². The third-order valence-electron chi connectivity index (χ3n) is 4.56. The SMILES string of the molecule is CCOc1ccccc1/C=N\NC(=O)CSc1nnc(SCc2cccc3ccccc23)s1. The molecule has 168 valence electrons. The highest BCUT2D eigenvalue weighted by Gasteiger charge is 2.10. The van der Waals surface area contributed by atoms with Gasteiger partial charge in [0.2, 0.25) is 0 Å². The van der Waals surface area contributed by atoms with Crippen LogP contribution in [0.15, 0.2) is 80.5 Å². The van der Waals surface area contributed by atoms with Crippen molar-refractivity contribution >= 4 is 57.8 Å². The van der Waals surface area contributed by atoms with E-state index in [4.69, 9.17) is 4.74 Å². The Kier molecular flexibility index (Phi) is 8.35. The Morgan fingerprint density at radius 1 is 1.03 bits per heavy atom. The van der Waals surface area contributed by atoms with Gasteiger partial charge in [0, 0.05) is 11.3 Å². The van der Waals surface area contributed by atoms with Crippen LogP contribution in [0.4, 0.5) is 0 Å². The van der Waals surface area contributed by atoms with Crippen LogP contribution < -0.4 is 10.2 Å². The molecule has 4 rings (SSSR count). The van der Waals surface area contributed by atoms with Crippen molar-refractivity contribution in [2.45, 2.75) is 21.4 Å². The number of nitrogens with zero attached hydrogens (tertiary/aromatic N) is 3. The van der Waals surface area contributed by atoms with Crippen LogP contribution in [0.25, 0.3) is 10.8 Å². The Hall–Kier alpha value is -2.88. The largest absolute Gasteiger partial charge is 0.493 e. The van der Waals surface area contributed by atoms with Crippen molar-refractivity contribution in [3.63, 3.8) is 0 Å². The van der Waals surface area contributed by atoms with Crippen LogP contribution >= 0.6 is 34.9 Å². The highest BCUT2D eigenvalue weighted by molar-refractivity contribution is 8.03. The average molecular weight is 495 g/mol. The molecule has 1 aromatic heterocycles. The second kappa shape index (κ2) is 11.8. The van der Waals surface area contributed by atoms with Gasteiger partial charge in [-0.05, 0) is 35.4 Å². The van der Waals surface area contributed by atoms with Gasteiger partial charge in [-0.25, -0.2) is 5.43 Å². The van der Waals surface area contributed by atoms with E-state index in [-0.39, 0.29) is 11.7 Å². The van der Waals surface area contributed by atoms with E-state index in [2.05, 4.69) is 63.2 Å². The number of carbonyl (C=O) groups is 1. The summed E-state index contributed by atoms with van der Waals surface area (Å²) in [5, 5.41) is 15.0. The molecule has 1 N–H and O–H groups in total. The van der Waals surface area contributed by atoms with E-state index >= 15 is 0 Å². The van der Waals surface area contributed by atoms with Crippen LogP contribution in [-0.2, 0) is 10.5 Å². The summed E-state index contributed by atoms with van der Waals surface area (Å²) in [6.45, 7) is 2.49. The monoisotopic (exact) mass is 494 g/mol. The summed E-state index contributed by atoms with van der Waals surface area (Å²) in [5.41, 5.74) is 4.63. The molecule has 0 aliphatic rings. The topological polar surface area (TPSA) is 76.5 Å². The maximum absolute atomic E-state index is 12.1. The lowest BCUT2D eigenvalue weighted by Gasteiger charge is -2.05. The number of hydrogen-bond acceptors (Lipinski definition) is 8. The van der Waals surface area contributed by atoms with Crippen LogP contribution in [0, 0.1) is 0 Å². The second-order valence-corrected chi connectivity index (χ2v) is 10.2. The van der Waals surface area contributed by atoms with E-state index < -0.39 is 0 Å².